The highest BCUT2D eigenvalue weighted by atomic mass is 16.4. The largest absolute Gasteiger partial charge is 0.481 e. The van der Waals surface area contributed by atoms with E-state index in [4.69, 9.17) is 5.73 Å². The normalized spacial score (nSPS) is 13.9. The molecule has 6 nitrogen and oxygen atoms in total. The summed E-state index contributed by atoms with van der Waals surface area (Å²) in [5.74, 6) is -1.74. The molecule has 0 aliphatic rings. The minimum absolute atomic E-state index is 0.0458. The summed E-state index contributed by atoms with van der Waals surface area (Å²) in [4.78, 5) is 33.4. The van der Waals surface area contributed by atoms with Gasteiger partial charge in [-0.15, -0.1) is 0 Å². The molecule has 110 valence electrons. The fraction of sp³-hybridized carbons (Fsp3) is 0.769. The van der Waals surface area contributed by atoms with Gasteiger partial charge in [0.2, 0.25) is 11.8 Å². The average Bonchev–Trinajstić information content (AvgIpc) is 2.27. The molecule has 19 heavy (non-hydrogen) atoms. The van der Waals surface area contributed by atoms with E-state index < -0.39 is 11.4 Å². The highest BCUT2D eigenvalue weighted by molar-refractivity contribution is 5.84. The van der Waals surface area contributed by atoms with Gasteiger partial charge in [0.15, 0.2) is 0 Å². The van der Waals surface area contributed by atoms with Crippen molar-refractivity contribution in [2.45, 2.75) is 46.5 Å². The van der Waals surface area contributed by atoms with Gasteiger partial charge in [0.25, 0.3) is 0 Å². The molecule has 2 amide bonds. The lowest BCUT2D eigenvalue weighted by Crippen LogP contribution is -2.39. The standard InChI is InChI=1S/C13H24N2O4/c1-9(2)13(3,12(18)19)8-11(17)15-7-5-4-6-10(14)16/h9H,4-8H2,1-3H3,(H2,14,16)(H,15,17)(H,18,19). The fourth-order valence-electron chi connectivity index (χ4n) is 1.57. The number of carboxylic acid groups (broad SMARTS) is 1. The molecule has 0 spiro atoms. The Morgan fingerprint density at radius 3 is 2.26 bits per heavy atom. The number of unbranched alkanes of at least 4 members (excludes halogenated alkanes) is 1. The summed E-state index contributed by atoms with van der Waals surface area (Å²) in [7, 11) is 0. The summed E-state index contributed by atoms with van der Waals surface area (Å²) in [6.07, 6.45) is 1.53. The van der Waals surface area contributed by atoms with E-state index in [1.807, 2.05) is 0 Å². The molecular formula is C13H24N2O4. The Labute approximate surface area is 113 Å². The molecule has 0 aromatic rings. The van der Waals surface area contributed by atoms with Crippen LogP contribution in [-0.4, -0.2) is 29.4 Å². The lowest BCUT2D eigenvalue weighted by atomic mass is 9.76. The van der Waals surface area contributed by atoms with E-state index in [1.165, 1.54) is 0 Å². The molecular weight excluding hydrogens is 248 g/mol. The number of nitrogens with two attached hydrogens (primary N) is 1. The Morgan fingerprint density at radius 2 is 1.84 bits per heavy atom. The summed E-state index contributed by atoms with van der Waals surface area (Å²) in [6.45, 7) is 5.58. The molecule has 0 heterocycles. The van der Waals surface area contributed by atoms with Crippen molar-refractivity contribution >= 4 is 17.8 Å². The number of hydrogen-bond donors (Lipinski definition) is 3. The van der Waals surface area contributed by atoms with E-state index in [9.17, 15) is 19.5 Å². The van der Waals surface area contributed by atoms with Crippen LogP contribution >= 0.6 is 0 Å². The van der Waals surface area contributed by atoms with Crippen molar-refractivity contribution in [3.8, 4) is 0 Å². The molecule has 1 unspecified atom stereocenters. The second kappa shape index (κ2) is 7.76. The number of primary amides is 1. The minimum Gasteiger partial charge on any atom is -0.481 e. The van der Waals surface area contributed by atoms with E-state index in [1.54, 1.807) is 20.8 Å². The topological polar surface area (TPSA) is 109 Å². The third kappa shape index (κ3) is 6.22. The number of nitrogens with one attached hydrogen (secondary N) is 1. The molecule has 6 heteroatoms. The maximum Gasteiger partial charge on any atom is 0.310 e. The predicted molar refractivity (Wildman–Crippen MR) is 71.3 cm³/mol. The summed E-state index contributed by atoms with van der Waals surface area (Å²) >= 11 is 0. The van der Waals surface area contributed by atoms with Crippen molar-refractivity contribution in [3.05, 3.63) is 0 Å². The number of aliphatic carboxylic acids is 1. The maximum atomic E-state index is 11.7. The van der Waals surface area contributed by atoms with Crippen molar-refractivity contribution < 1.29 is 19.5 Å². The monoisotopic (exact) mass is 272 g/mol. The lowest BCUT2D eigenvalue weighted by molar-refractivity contribution is -0.153. The molecule has 0 radical (unpaired) electrons. The lowest BCUT2D eigenvalue weighted by Gasteiger charge is -2.28. The molecule has 0 aliphatic heterocycles. The fourth-order valence-corrected chi connectivity index (χ4v) is 1.57. The highest BCUT2D eigenvalue weighted by Gasteiger charge is 2.38. The summed E-state index contributed by atoms with van der Waals surface area (Å²) in [5, 5.41) is 11.9. The van der Waals surface area contributed by atoms with Gasteiger partial charge >= 0.3 is 5.97 Å². The van der Waals surface area contributed by atoms with Crippen LogP contribution in [0.1, 0.15) is 46.5 Å². The number of carbonyl (C=O) groups is 3. The van der Waals surface area contributed by atoms with Crippen LogP contribution < -0.4 is 11.1 Å². The van der Waals surface area contributed by atoms with Gasteiger partial charge < -0.3 is 16.2 Å². The van der Waals surface area contributed by atoms with Crippen LogP contribution in [0.4, 0.5) is 0 Å². The van der Waals surface area contributed by atoms with Crippen LogP contribution in [0.3, 0.4) is 0 Å². The van der Waals surface area contributed by atoms with Crippen molar-refractivity contribution in [3.63, 3.8) is 0 Å². The van der Waals surface area contributed by atoms with E-state index in [-0.39, 0.29) is 24.2 Å². The Kier molecular flexibility index (Phi) is 7.11. The zero-order valence-corrected chi connectivity index (χ0v) is 11.9. The number of amides is 2. The molecule has 0 saturated carbocycles. The Morgan fingerprint density at radius 1 is 1.26 bits per heavy atom. The van der Waals surface area contributed by atoms with Gasteiger partial charge in [-0.1, -0.05) is 13.8 Å². The third-order valence-corrected chi connectivity index (χ3v) is 3.46. The predicted octanol–water partition coefficient (Wildman–Crippen LogP) is 0.895. The summed E-state index contributed by atoms with van der Waals surface area (Å²) < 4.78 is 0. The van der Waals surface area contributed by atoms with Crippen LogP contribution in [-0.2, 0) is 14.4 Å². The van der Waals surface area contributed by atoms with Crippen LogP contribution in [0.15, 0.2) is 0 Å². The van der Waals surface area contributed by atoms with Crippen LogP contribution in [0.2, 0.25) is 0 Å². The minimum atomic E-state index is -1.06. The van der Waals surface area contributed by atoms with Gasteiger partial charge in [-0.25, -0.2) is 0 Å². The van der Waals surface area contributed by atoms with Gasteiger partial charge in [-0.3, -0.25) is 14.4 Å². The Bertz CT molecular complexity index is 342. The van der Waals surface area contributed by atoms with Crippen LogP contribution in [0.25, 0.3) is 0 Å². The van der Waals surface area contributed by atoms with E-state index in [0.29, 0.717) is 25.8 Å². The van der Waals surface area contributed by atoms with Crippen molar-refractivity contribution in [1.29, 1.82) is 0 Å². The average molecular weight is 272 g/mol. The number of carboxylic acids is 1. The van der Waals surface area contributed by atoms with Gasteiger partial charge in [0.05, 0.1) is 5.41 Å². The number of rotatable bonds is 9. The molecule has 0 aromatic carbocycles. The highest BCUT2D eigenvalue weighted by Crippen LogP contribution is 2.31. The first kappa shape index (κ1) is 17.4. The zero-order chi connectivity index (χ0) is 15.1. The van der Waals surface area contributed by atoms with Crippen LogP contribution in [0.5, 0.6) is 0 Å². The molecule has 1 atom stereocenters. The first-order chi connectivity index (χ1) is 8.70. The zero-order valence-electron chi connectivity index (χ0n) is 11.9. The SMILES string of the molecule is CC(C)C(C)(CC(=O)NCCCCC(N)=O)C(=O)O. The van der Waals surface area contributed by atoms with Gasteiger partial charge in [0, 0.05) is 19.4 Å². The first-order valence-electron chi connectivity index (χ1n) is 6.48. The second-order valence-electron chi connectivity index (χ2n) is 5.33. The molecule has 0 rings (SSSR count). The Balaban J connectivity index is 4.09. The summed E-state index contributed by atoms with van der Waals surface area (Å²) in [5.41, 5.74) is 3.93. The van der Waals surface area contributed by atoms with Crippen molar-refractivity contribution in [2.75, 3.05) is 6.54 Å². The molecule has 0 saturated heterocycles. The number of hydrogen-bond acceptors (Lipinski definition) is 3. The van der Waals surface area contributed by atoms with Gasteiger partial charge in [-0.2, -0.15) is 0 Å². The smallest absolute Gasteiger partial charge is 0.310 e. The molecule has 0 bridgehead atoms. The van der Waals surface area contributed by atoms with Crippen molar-refractivity contribution in [2.24, 2.45) is 17.1 Å². The van der Waals surface area contributed by atoms with E-state index >= 15 is 0 Å². The number of carbonyl (C=O) groups excluding carboxylic acids is 2. The molecule has 0 aliphatic carbocycles. The third-order valence-electron chi connectivity index (χ3n) is 3.46. The van der Waals surface area contributed by atoms with Gasteiger partial charge in [-0.05, 0) is 25.7 Å². The Hall–Kier alpha value is -1.59. The second-order valence-corrected chi connectivity index (χ2v) is 5.33. The first-order valence-corrected chi connectivity index (χ1v) is 6.48. The summed E-state index contributed by atoms with van der Waals surface area (Å²) in [6, 6.07) is 0. The molecule has 0 fully saturated rings. The maximum absolute atomic E-state index is 11.7. The molecule has 4 N–H and O–H groups in total. The molecule has 0 aromatic heterocycles. The van der Waals surface area contributed by atoms with E-state index in [2.05, 4.69) is 5.32 Å². The van der Waals surface area contributed by atoms with Crippen LogP contribution in [0, 0.1) is 11.3 Å². The van der Waals surface area contributed by atoms with Crippen molar-refractivity contribution in [1.82, 2.24) is 5.32 Å². The van der Waals surface area contributed by atoms with Gasteiger partial charge in [0.1, 0.15) is 0 Å². The van der Waals surface area contributed by atoms with E-state index in [0.717, 1.165) is 0 Å². The quantitative estimate of drug-likeness (QED) is 0.541.